The summed E-state index contributed by atoms with van der Waals surface area (Å²) in [6.07, 6.45) is 25.2. The average Bonchev–Trinajstić information content (AvgIpc) is 3.17. The molecule has 2 fully saturated rings. The van der Waals surface area contributed by atoms with E-state index in [0.717, 1.165) is 0 Å². The van der Waals surface area contributed by atoms with Crippen molar-refractivity contribution in [2.24, 2.45) is 0 Å². The van der Waals surface area contributed by atoms with Crippen molar-refractivity contribution in [1.29, 1.82) is 0 Å². The Morgan fingerprint density at radius 1 is 0.450 bits per heavy atom. The molecule has 2 saturated carbocycles. The summed E-state index contributed by atoms with van der Waals surface area (Å²) in [5, 5.41) is 0. The van der Waals surface area contributed by atoms with Crippen molar-refractivity contribution in [2.45, 2.75) is 0 Å². The highest BCUT2D eigenvalue weighted by atomic mass is 14.2. The Hall–Kier alpha value is -1.30. The molecule has 2 aliphatic carbocycles. The Morgan fingerprint density at radius 2 is 0.800 bits per heavy atom. The third-order valence-electron chi connectivity index (χ3n) is 3.25. The van der Waals surface area contributed by atoms with Crippen LogP contribution in [0.3, 0.4) is 0 Å². The number of rotatable bonds is 4. The first-order valence-electron chi connectivity index (χ1n) is 6.80. The zero-order valence-electron chi connectivity index (χ0n) is 11.2. The first-order chi connectivity index (χ1) is 9.90. The van der Waals surface area contributed by atoms with E-state index in [0.29, 0.717) is 0 Å². The van der Waals surface area contributed by atoms with Crippen LogP contribution in [0.1, 0.15) is 11.1 Å². The topological polar surface area (TPSA) is 0 Å². The first kappa shape index (κ1) is 13.7. The molecule has 0 amide bonds. The van der Waals surface area contributed by atoms with E-state index < -0.39 is 0 Å². The van der Waals surface area contributed by atoms with Gasteiger partial charge >= 0.3 is 0 Å². The van der Waals surface area contributed by atoms with Gasteiger partial charge in [0.05, 0.1) is 0 Å². The molecule has 1 aromatic carbocycles. The molecule has 0 heteroatoms. The molecule has 0 nitrogen and oxygen atoms in total. The van der Waals surface area contributed by atoms with Gasteiger partial charge < -0.3 is 0 Å². The molecule has 3 rings (SSSR count). The second-order valence-electron chi connectivity index (χ2n) is 4.77. The lowest BCUT2D eigenvalue weighted by atomic mass is 10.0. The summed E-state index contributed by atoms with van der Waals surface area (Å²) in [7, 11) is 0. The molecule has 10 radical (unpaired) electrons. The van der Waals surface area contributed by atoms with E-state index in [9.17, 15) is 0 Å². The summed E-state index contributed by atoms with van der Waals surface area (Å²) in [4.78, 5) is 0. The van der Waals surface area contributed by atoms with Gasteiger partial charge in [0.25, 0.3) is 0 Å². The summed E-state index contributed by atoms with van der Waals surface area (Å²) in [6, 6.07) is 8.57. The van der Waals surface area contributed by atoms with Crippen LogP contribution >= 0.6 is 0 Å². The van der Waals surface area contributed by atoms with Crippen LogP contribution in [-0.4, -0.2) is 0 Å². The quantitative estimate of drug-likeness (QED) is 0.742. The number of allylic oxidation sites excluding steroid dienone is 2. The molecule has 0 heterocycles. The van der Waals surface area contributed by atoms with Gasteiger partial charge in [-0.2, -0.15) is 0 Å². The van der Waals surface area contributed by atoms with E-state index in [4.69, 9.17) is 0 Å². The van der Waals surface area contributed by atoms with Gasteiger partial charge in [-0.3, -0.25) is 0 Å². The maximum atomic E-state index is 2.14. The van der Waals surface area contributed by atoms with Crippen molar-refractivity contribution in [3.63, 3.8) is 0 Å². The van der Waals surface area contributed by atoms with E-state index >= 15 is 0 Å². The Balaban J connectivity index is 1.56. The van der Waals surface area contributed by atoms with Gasteiger partial charge in [0, 0.05) is 11.8 Å². The largest absolute Gasteiger partial charge is 0.0762 e. The molecule has 0 aliphatic heterocycles. The Labute approximate surface area is 123 Å². The fraction of sp³-hybridized carbons (Fsp3) is 0. The van der Waals surface area contributed by atoms with Crippen LogP contribution in [-0.2, 0) is 0 Å². The summed E-state index contributed by atoms with van der Waals surface area (Å²) >= 11 is 0. The van der Waals surface area contributed by atoms with Crippen molar-refractivity contribution in [3.8, 4) is 0 Å². The molecule has 0 saturated heterocycles. The fourth-order valence-electron chi connectivity index (χ4n) is 2.10. The molecule has 1 aromatic rings. The summed E-state index contributed by atoms with van der Waals surface area (Å²) in [5.74, 6) is 2.48. The summed E-state index contributed by atoms with van der Waals surface area (Å²) < 4.78 is 0. The lowest BCUT2D eigenvalue weighted by Crippen LogP contribution is -1.85. The van der Waals surface area contributed by atoms with Crippen LogP contribution in [0, 0.1) is 63.2 Å². The number of benzene rings is 1. The standard InChI is InChI=1S/C20H16/c1-2-6-17(5-1)9-11-19-13-15-20(16-14-19)12-10-18-7-3-4-8-18/h1-16H/b11-9+,12-10+. The maximum absolute atomic E-state index is 2.14. The molecule has 96 valence electrons. The Kier molecular flexibility index (Phi) is 4.73. The van der Waals surface area contributed by atoms with E-state index in [1.807, 2.05) is 0 Å². The van der Waals surface area contributed by atoms with Gasteiger partial charge in [-0.15, -0.1) is 0 Å². The molecular weight excluding hydrogens is 240 g/mol. The molecule has 20 heavy (non-hydrogen) atoms. The van der Waals surface area contributed by atoms with Crippen LogP contribution in [0.15, 0.2) is 36.4 Å². The zero-order chi connectivity index (χ0) is 13.6. The van der Waals surface area contributed by atoms with Gasteiger partial charge in [0.1, 0.15) is 0 Å². The minimum atomic E-state index is 1.22. The van der Waals surface area contributed by atoms with Crippen LogP contribution in [0.4, 0.5) is 0 Å². The summed E-state index contributed by atoms with van der Waals surface area (Å²) in [5.41, 5.74) is 2.44. The highest BCUT2D eigenvalue weighted by Gasteiger charge is 2.13. The monoisotopic (exact) mass is 256 g/mol. The normalized spacial score (nSPS) is 21.6. The molecule has 0 aromatic heterocycles. The van der Waals surface area contributed by atoms with Gasteiger partial charge in [0.2, 0.25) is 0 Å². The van der Waals surface area contributed by atoms with Crippen LogP contribution in [0.25, 0.3) is 12.2 Å². The van der Waals surface area contributed by atoms with Crippen molar-refractivity contribution in [1.82, 2.24) is 0 Å². The highest BCUT2D eigenvalue weighted by Crippen LogP contribution is 2.26. The lowest BCUT2D eigenvalue weighted by molar-refractivity contribution is 1.38. The minimum absolute atomic E-state index is 1.22. The molecule has 0 bridgehead atoms. The number of hydrogen-bond donors (Lipinski definition) is 0. The van der Waals surface area contributed by atoms with Crippen molar-refractivity contribution in [2.75, 3.05) is 0 Å². The van der Waals surface area contributed by atoms with Gasteiger partial charge in [-0.1, -0.05) is 48.6 Å². The first-order valence-corrected chi connectivity index (χ1v) is 6.80. The predicted molar refractivity (Wildman–Crippen MR) is 85.4 cm³/mol. The third kappa shape index (κ3) is 3.85. The lowest BCUT2D eigenvalue weighted by Gasteiger charge is -2.01. The van der Waals surface area contributed by atoms with E-state index in [1.54, 1.807) is 0 Å². The van der Waals surface area contributed by atoms with E-state index in [1.165, 1.54) is 23.0 Å². The molecule has 0 spiro atoms. The van der Waals surface area contributed by atoms with Gasteiger partial charge in [-0.05, 0) is 62.5 Å². The molecule has 2 aliphatic rings. The maximum Gasteiger partial charge on any atom is 0.00501 e. The van der Waals surface area contributed by atoms with Crippen LogP contribution in [0.5, 0.6) is 0 Å². The van der Waals surface area contributed by atoms with Gasteiger partial charge in [-0.25, -0.2) is 0 Å². The van der Waals surface area contributed by atoms with Crippen molar-refractivity contribution in [3.05, 3.63) is 111 Å². The second kappa shape index (κ2) is 6.92. The summed E-state index contributed by atoms with van der Waals surface area (Å²) in [6.45, 7) is 0. The zero-order valence-corrected chi connectivity index (χ0v) is 11.2. The Morgan fingerprint density at radius 3 is 1.15 bits per heavy atom. The smallest absolute Gasteiger partial charge is 0.00501 e. The minimum Gasteiger partial charge on any atom is -0.0762 e. The van der Waals surface area contributed by atoms with E-state index in [-0.39, 0.29) is 0 Å². The Bertz CT molecular complexity index is 406. The number of hydrogen-bond acceptors (Lipinski definition) is 0. The second-order valence-corrected chi connectivity index (χ2v) is 4.77. The molecule has 0 atom stereocenters. The fourth-order valence-corrected chi connectivity index (χ4v) is 2.10. The van der Waals surface area contributed by atoms with Crippen molar-refractivity contribution >= 4 is 12.2 Å². The SMILES string of the molecule is [CH]1[CH][CH][C](/C=C/c2ccc(/C=C/[C]3[CH][CH][CH][CH]3)cc2)[CH]1. The average molecular weight is 256 g/mol. The highest BCUT2D eigenvalue weighted by molar-refractivity contribution is 5.61. The predicted octanol–water partition coefficient (Wildman–Crippen LogP) is 4.52. The molecular formula is C20H16. The molecule has 0 unspecified atom stereocenters. The molecule has 0 N–H and O–H groups in total. The van der Waals surface area contributed by atoms with E-state index in [2.05, 4.69) is 99.9 Å². The van der Waals surface area contributed by atoms with Gasteiger partial charge in [0.15, 0.2) is 0 Å². The van der Waals surface area contributed by atoms with Crippen molar-refractivity contribution < 1.29 is 0 Å². The van der Waals surface area contributed by atoms with Crippen LogP contribution in [0.2, 0.25) is 0 Å². The third-order valence-corrected chi connectivity index (χ3v) is 3.25. The van der Waals surface area contributed by atoms with Crippen LogP contribution < -0.4 is 0 Å².